The van der Waals surface area contributed by atoms with Gasteiger partial charge in [-0.2, -0.15) is 5.10 Å². The fraction of sp³-hybridized carbons (Fsp3) is 0.190. The molecule has 1 aromatic carbocycles. The molecule has 6 heteroatoms. The van der Waals surface area contributed by atoms with E-state index in [0.717, 1.165) is 29.4 Å². The second-order valence-corrected chi connectivity index (χ2v) is 6.78. The average molecular weight is 358 g/mol. The zero-order valence-electron chi connectivity index (χ0n) is 14.7. The van der Waals surface area contributed by atoms with Crippen molar-refractivity contribution in [3.05, 3.63) is 71.9 Å². The first-order chi connectivity index (χ1) is 13.3. The molecule has 5 rings (SSSR count). The number of amides is 1. The highest BCUT2D eigenvalue weighted by molar-refractivity contribution is 5.96. The first-order valence-electron chi connectivity index (χ1n) is 9.05. The third kappa shape index (κ3) is 2.89. The monoisotopic (exact) mass is 358 g/mol. The van der Waals surface area contributed by atoms with Crippen molar-refractivity contribution in [1.82, 2.24) is 14.8 Å². The number of fused-ring (bicyclic) bond motifs is 2. The molecule has 3 heterocycles. The summed E-state index contributed by atoms with van der Waals surface area (Å²) in [5, 5.41) is 8.17. The van der Waals surface area contributed by atoms with E-state index in [-0.39, 0.29) is 12.3 Å². The van der Waals surface area contributed by atoms with E-state index >= 15 is 0 Å². The maximum atomic E-state index is 12.7. The van der Waals surface area contributed by atoms with Crippen molar-refractivity contribution >= 4 is 22.6 Å². The third-order valence-corrected chi connectivity index (χ3v) is 5.00. The number of benzene rings is 1. The molecular weight excluding hydrogens is 340 g/mol. The number of aryl methyl sites for hydroxylation is 2. The number of hydrogen-bond acceptors (Lipinski definition) is 4. The predicted molar refractivity (Wildman–Crippen MR) is 102 cm³/mol. The Kier molecular flexibility index (Phi) is 3.74. The number of nitrogens with zero attached hydrogens (tertiary/aromatic N) is 3. The number of carbonyl (C=O) groups is 1. The van der Waals surface area contributed by atoms with Crippen LogP contribution in [0.25, 0.3) is 16.8 Å². The van der Waals surface area contributed by atoms with Gasteiger partial charge in [0.1, 0.15) is 5.58 Å². The van der Waals surface area contributed by atoms with Gasteiger partial charge in [0.15, 0.2) is 5.82 Å². The molecule has 0 unspecified atom stereocenters. The first-order valence-corrected chi connectivity index (χ1v) is 9.05. The van der Waals surface area contributed by atoms with E-state index in [4.69, 9.17) is 4.42 Å². The van der Waals surface area contributed by atoms with Gasteiger partial charge in [-0.25, -0.2) is 9.67 Å². The Labute approximate surface area is 155 Å². The molecule has 0 atom stereocenters. The SMILES string of the molecule is O=C(Cc1coc2cc3c(cc12)CCC3)Nc1cccnc1-n1cccn1. The lowest BCUT2D eigenvalue weighted by molar-refractivity contribution is -0.115. The van der Waals surface area contributed by atoms with Crippen LogP contribution in [0, 0.1) is 0 Å². The van der Waals surface area contributed by atoms with Crippen LogP contribution in [0.2, 0.25) is 0 Å². The number of furan rings is 1. The van der Waals surface area contributed by atoms with Crippen LogP contribution in [-0.4, -0.2) is 20.7 Å². The summed E-state index contributed by atoms with van der Waals surface area (Å²) in [6.45, 7) is 0. The zero-order chi connectivity index (χ0) is 18.2. The molecule has 4 aromatic rings. The lowest BCUT2D eigenvalue weighted by Crippen LogP contribution is -2.16. The van der Waals surface area contributed by atoms with Crippen LogP contribution in [0.4, 0.5) is 5.69 Å². The second-order valence-electron chi connectivity index (χ2n) is 6.78. The van der Waals surface area contributed by atoms with Crippen LogP contribution in [0.5, 0.6) is 0 Å². The molecule has 6 nitrogen and oxygen atoms in total. The van der Waals surface area contributed by atoms with Gasteiger partial charge in [0.05, 0.1) is 18.4 Å². The van der Waals surface area contributed by atoms with Gasteiger partial charge in [0, 0.05) is 29.5 Å². The normalized spacial score (nSPS) is 13.0. The Hall–Kier alpha value is -3.41. The summed E-state index contributed by atoms with van der Waals surface area (Å²) in [6, 6.07) is 9.73. The molecule has 0 radical (unpaired) electrons. The van der Waals surface area contributed by atoms with Crippen molar-refractivity contribution in [3.8, 4) is 5.82 Å². The Morgan fingerprint density at radius 3 is 2.93 bits per heavy atom. The standard InChI is InChI=1S/C21H18N4O2/c26-20(24-18-6-2-7-22-21(18)25-9-3-8-23-25)12-16-13-27-19-11-15-5-1-4-14(15)10-17(16)19/h2-3,6-11,13H,1,4-5,12H2,(H,24,26). The number of nitrogens with one attached hydrogen (secondary N) is 1. The van der Waals surface area contributed by atoms with Gasteiger partial charge in [-0.05, 0) is 60.7 Å². The topological polar surface area (TPSA) is 73.0 Å². The molecule has 0 bridgehead atoms. The minimum atomic E-state index is -0.111. The molecule has 0 saturated heterocycles. The summed E-state index contributed by atoms with van der Waals surface area (Å²) in [7, 11) is 0. The highest BCUT2D eigenvalue weighted by Crippen LogP contribution is 2.30. The number of rotatable bonds is 4. The van der Waals surface area contributed by atoms with Gasteiger partial charge in [-0.1, -0.05) is 0 Å². The van der Waals surface area contributed by atoms with Crippen LogP contribution in [0.3, 0.4) is 0 Å². The average Bonchev–Trinajstić information content (AvgIpc) is 3.42. The summed E-state index contributed by atoms with van der Waals surface area (Å²) in [5.41, 5.74) is 5.13. The summed E-state index contributed by atoms with van der Waals surface area (Å²) in [4.78, 5) is 17.0. The molecule has 1 aliphatic rings. The number of aromatic nitrogens is 3. The number of carbonyl (C=O) groups excluding carboxylic acids is 1. The molecule has 27 heavy (non-hydrogen) atoms. The van der Waals surface area contributed by atoms with Crippen molar-refractivity contribution in [3.63, 3.8) is 0 Å². The maximum absolute atomic E-state index is 12.7. The maximum Gasteiger partial charge on any atom is 0.229 e. The van der Waals surface area contributed by atoms with Gasteiger partial charge in [-0.15, -0.1) is 0 Å². The molecular formula is C21H18N4O2. The molecule has 134 valence electrons. The third-order valence-electron chi connectivity index (χ3n) is 5.00. The van der Waals surface area contributed by atoms with Crippen molar-refractivity contribution in [2.24, 2.45) is 0 Å². The Morgan fingerprint density at radius 2 is 2.07 bits per heavy atom. The Balaban J connectivity index is 1.40. The molecule has 1 amide bonds. The fourth-order valence-electron chi connectivity index (χ4n) is 3.72. The lowest BCUT2D eigenvalue weighted by Gasteiger charge is -2.09. The summed E-state index contributed by atoms with van der Waals surface area (Å²) in [6.07, 6.45) is 10.5. The molecule has 1 aliphatic carbocycles. The lowest BCUT2D eigenvalue weighted by atomic mass is 10.0. The van der Waals surface area contributed by atoms with Crippen molar-refractivity contribution in [2.45, 2.75) is 25.7 Å². The van der Waals surface area contributed by atoms with E-state index in [9.17, 15) is 4.79 Å². The first kappa shape index (κ1) is 15.8. The van der Waals surface area contributed by atoms with Crippen molar-refractivity contribution < 1.29 is 9.21 Å². The summed E-state index contributed by atoms with van der Waals surface area (Å²) in [5.74, 6) is 0.477. The largest absolute Gasteiger partial charge is 0.464 e. The number of anilines is 1. The predicted octanol–water partition coefficient (Wildman–Crippen LogP) is 3.68. The molecule has 0 saturated carbocycles. The number of pyridine rings is 1. The van der Waals surface area contributed by atoms with E-state index in [1.165, 1.54) is 17.5 Å². The van der Waals surface area contributed by atoms with Crippen molar-refractivity contribution in [2.75, 3.05) is 5.32 Å². The molecule has 0 fully saturated rings. The van der Waals surface area contributed by atoms with E-state index in [0.29, 0.717) is 11.5 Å². The summed E-state index contributed by atoms with van der Waals surface area (Å²) >= 11 is 0. The van der Waals surface area contributed by atoms with E-state index in [2.05, 4.69) is 27.5 Å². The Bertz CT molecular complexity index is 1130. The van der Waals surface area contributed by atoms with Crippen LogP contribution >= 0.6 is 0 Å². The van der Waals surface area contributed by atoms with Gasteiger partial charge in [0.2, 0.25) is 5.91 Å². The molecule has 3 aromatic heterocycles. The molecule has 0 aliphatic heterocycles. The molecule has 0 spiro atoms. The van der Waals surface area contributed by atoms with Crippen molar-refractivity contribution in [1.29, 1.82) is 0 Å². The van der Waals surface area contributed by atoms with Crippen LogP contribution in [0.1, 0.15) is 23.1 Å². The second kappa shape index (κ2) is 6.39. The quantitative estimate of drug-likeness (QED) is 0.604. The van der Waals surface area contributed by atoms with E-state index in [1.807, 2.05) is 12.1 Å². The van der Waals surface area contributed by atoms with Crippen LogP contribution in [0.15, 0.2) is 59.6 Å². The van der Waals surface area contributed by atoms with Crippen LogP contribution in [-0.2, 0) is 24.1 Å². The van der Waals surface area contributed by atoms with E-state index < -0.39 is 0 Å². The summed E-state index contributed by atoms with van der Waals surface area (Å²) < 4.78 is 7.33. The van der Waals surface area contributed by atoms with E-state index in [1.54, 1.807) is 35.6 Å². The fourth-order valence-corrected chi connectivity index (χ4v) is 3.72. The van der Waals surface area contributed by atoms with Gasteiger partial charge < -0.3 is 9.73 Å². The van der Waals surface area contributed by atoms with Gasteiger partial charge >= 0.3 is 0 Å². The molecule has 1 N–H and O–H groups in total. The highest BCUT2D eigenvalue weighted by atomic mass is 16.3. The highest BCUT2D eigenvalue weighted by Gasteiger charge is 2.17. The minimum Gasteiger partial charge on any atom is -0.464 e. The Morgan fingerprint density at radius 1 is 1.19 bits per heavy atom. The zero-order valence-corrected chi connectivity index (χ0v) is 14.7. The number of hydrogen-bond donors (Lipinski definition) is 1. The van der Waals surface area contributed by atoms with Crippen LogP contribution < -0.4 is 5.32 Å². The smallest absolute Gasteiger partial charge is 0.229 e. The van der Waals surface area contributed by atoms with Gasteiger partial charge in [0.25, 0.3) is 0 Å². The minimum absolute atomic E-state index is 0.111. The van der Waals surface area contributed by atoms with Gasteiger partial charge in [-0.3, -0.25) is 4.79 Å².